The lowest BCUT2D eigenvalue weighted by Gasteiger charge is -2.03. The van der Waals surface area contributed by atoms with Crippen molar-refractivity contribution < 1.29 is 14.3 Å². The highest BCUT2D eigenvalue weighted by Gasteiger charge is 2.12. The topological polar surface area (TPSA) is 68.4 Å². The van der Waals surface area contributed by atoms with Gasteiger partial charge in [0.15, 0.2) is 11.5 Å². The van der Waals surface area contributed by atoms with Crippen LogP contribution in [-0.4, -0.2) is 22.4 Å². The van der Waals surface area contributed by atoms with Crippen LogP contribution in [0.1, 0.15) is 0 Å². The molecule has 0 aliphatic heterocycles. The van der Waals surface area contributed by atoms with E-state index in [1.807, 2.05) is 30.3 Å². The van der Waals surface area contributed by atoms with Gasteiger partial charge in [0, 0.05) is 11.1 Å². The van der Waals surface area contributed by atoms with Crippen molar-refractivity contribution in [3.05, 3.63) is 48.5 Å². The summed E-state index contributed by atoms with van der Waals surface area (Å²) in [5, 5.41) is 17.8. The van der Waals surface area contributed by atoms with Gasteiger partial charge < -0.3 is 14.3 Å². The minimum Gasteiger partial charge on any atom is -0.504 e. The second kappa shape index (κ2) is 5.05. The summed E-state index contributed by atoms with van der Waals surface area (Å²) >= 11 is 0. The molecule has 0 amide bonds. The number of phenols is 1. The van der Waals surface area contributed by atoms with Crippen LogP contribution < -0.4 is 4.74 Å². The Balaban J connectivity index is 1.96. The Morgan fingerprint density at radius 1 is 0.950 bits per heavy atom. The third-order valence-corrected chi connectivity index (χ3v) is 2.87. The minimum absolute atomic E-state index is 0.0319. The monoisotopic (exact) mass is 268 g/mol. The van der Waals surface area contributed by atoms with Crippen LogP contribution in [0.15, 0.2) is 52.9 Å². The first-order valence-electron chi connectivity index (χ1n) is 6.04. The average Bonchev–Trinajstić information content (AvgIpc) is 2.98. The number of nitrogens with zero attached hydrogens (tertiary/aromatic N) is 2. The molecule has 0 radical (unpaired) electrons. The molecule has 3 aromatic rings. The van der Waals surface area contributed by atoms with Crippen molar-refractivity contribution in [2.45, 2.75) is 0 Å². The van der Waals surface area contributed by atoms with Gasteiger partial charge in [-0.2, -0.15) is 0 Å². The van der Waals surface area contributed by atoms with Crippen LogP contribution in [0.5, 0.6) is 11.5 Å². The molecular formula is C15H12N2O3. The zero-order valence-corrected chi connectivity index (χ0v) is 10.8. The summed E-state index contributed by atoms with van der Waals surface area (Å²) in [6.07, 6.45) is 0. The van der Waals surface area contributed by atoms with E-state index < -0.39 is 0 Å². The second-order valence-electron chi connectivity index (χ2n) is 4.17. The largest absolute Gasteiger partial charge is 0.504 e. The molecule has 5 nitrogen and oxygen atoms in total. The van der Waals surface area contributed by atoms with Crippen LogP contribution in [0.3, 0.4) is 0 Å². The Bertz CT molecular complexity index is 723. The van der Waals surface area contributed by atoms with Gasteiger partial charge in [0.1, 0.15) is 0 Å². The Kier molecular flexibility index (Phi) is 3.09. The Hall–Kier alpha value is -2.82. The number of hydrogen-bond acceptors (Lipinski definition) is 5. The highest BCUT2D eigenvalue weighted by molar-refractivity contribution is 5.61. The predicted molar refractivity (Wildman–Crippen MR) is 73.4 cm³/mol. The number of phenolic OH excluding ortho intramolecular Hbond substituents is 1. The van der Waals surface area contributed by atoms with E-state index in [0.717, 1.165) is 5.56 Å². The van der Waals surface area contributed by atoms with Crippen LogP contribution in [-0.2, 0) is 0 Å². The third-order valence-electron chi connectivity index (χ3n) is 2.87. The number of rotatable bonds is 3. The maximum absolute atomic E-state index is 9.76. The smallest absolute Gasteiger partial charge is 0.248 e. The van der Waals surface area contributed by atoms with E-state index in [4.69, 9.17) is 9.15 Å². The Labute approximate surface area is 115 Å². The van der Waals surface area contributed by atoms with Gasteiger partial charge in [0.25, 0.3) is 0 Å². The van der Waals surface area contributed by atoms with Crippen molar-refractivity contribution in [1.29, 1.82) is 0 Å². The maximum Gasteiger partial charge on any atom is 0.248 e. The molecule has 0 unspecified atom stereocenters. The summed E-state index contributed by atoms with van der Waals surface area (Å²) in [6.45, 7) is 0. The van der Waals surface area contributed by atoms with Crippen molar-refractivity contribution in [3.8, 4) is 34.4 Å². The fraction of sp³-hybridized carbons (Fsp3) is 0.0667. The fourth-order valence-electron chi connectivity index (χ4n) is 1.86. The van der Waals surface area contributed by atoms with E-state index in [1.54, 1.807) is 12.1 Å². The number of hydrogen-bond donors (Lipinski definition) is 1. The van der Waals surface area contributed by atoms with E-state index in [-0.39, 0.29) is 5.75 Å². The number of benzene rings is 2. The molecule has 3 rings (SSSR count). The maximum atomic E-state index is 9.76. The predicted octanol–water partition coefficient (Wildman–Crippen LogP) is 3.12. The standard InChI is InChI=1S/C15H12N2O3/c1-19-13-8-7-11(9-12(13)18)15-17-16-14(20-15)10-5-3-2-4-6-10/h2-9,18H,1H3. The van der Waals surface area contributed by atoms with Crippen molar-refractivity contribution in [1.82, 2.24) is 10.2 Å². The van der Waals surface area contributed by atoms with Gasteiger partial charge in [-0.25, -0.2) is 0 Å². The van der Waals surface area contributed by atoms with Gasteiger partial charge in [-0.05, 0) is 30.3 Å². The summed E-state index contributed by atoms with van der Waals surface area (Å²) in [7, 11) is 1.49. The molecule has 0 saturated carbocycles. The molecule has 1 N–H and O–H groups in total. The lowest BCUT2D eigenvalue weighted by atomic mass is 10.2. The zero-order valence-electron chi connectivity index (χ0n) is 10.8. The van der Waals surface area contributed by atoms with E-state index in [1.165, 1.54) is 13.2 Å². The molecule has 1 heterocycles. The molecule has 0 aliphatic rings. The zero-order chi connectivity index (χ0) is 13.9. The summed E-state index contributed by atoms with van der Waals surface area (Å²) in [5.41, 5.74) is 1.49. The van der Waals surface area contributed by atoms with Gasteiger partial charge in [-0.3, -0.25) is 0 Å². The molecule has 1 aromatic heterocycles. The van der Waals surface area contributed by atoms with Gasteiger partial charge in [-0.15, -0.1) is 10.2 Å². The van der Waals surface area contributed by atoms with Gasteiger partial charge >= 0.3 is 0 Å². The highest BCUT2D eigenvalue weighted by Crippen LogP contribution is 2.31. The Morgan fingerprint density at radius 3 is 2.30 bits per heavy atom. The first kappa shape index (κ1) is 12.2. The fourth-order valence-corrected chi connectivity index (χ4v) is 1.86. The summed E-state index contributed by atoms with van der Waals surface area (Å²) < 4.78 is 10.6. The average molecular weight is 268 g/mol. The molecule has 0 fully saturated rings. The number of ether oxygens (including phenoxy) is 1. The van der Waals surface area contributed by atoms with Crippen molar-refractivity contribution >= 4 is 0 Å². The lowest BCUT2D eigenvalue weighted by molar-refractivity contribution is 0.373. The van der Waals surface area contributed by atoms with E-state index in [9.17, 15) is 5.11 Å². The normalized spacial score (nSPS) is 10.4. The molecule has 0 aliphatic carbocycles. The molecule has 100 valence electrons. The van der Waals surface area contributed by atoms with E-state index in [0.29, 0.717) is 23.1 Å². The summed E-state index contributed by atoms with van der Waals surface area (Å²) in [5.74, 6) is 1.22. The lowest BCUT2D eigenvalue weighted by Crippen LogP contribution is -1.84. The number of aromatic hydroxyl groups is 1. The van der Waals surface area contributed by atoms with Crippen LogP contribution in [0, 0.1) is 0 Å². The molecule has 2 aromatic carbocycles. The van der Waals surface area contributed by atoms with Gasteiger partial charge in [-0.1, -0.05) is 18.2 Å². The molecular weight excluding hydrogens is 256 g/mol. The minimum atomic E-state index is 0.0319. The quantitative estimate of drug-likeness (QED) is 0.790. The molecule has 0 saturated heterocycles. The third kappa shape index (κ3) is 2.21. The SMILES string of the molecule is COc1ccc(-c2nnc(-c3ccccc3)o2)cc1O. The molecule has 0 atom stereocenters. The first-order chi connectivity index (χ1) is 9.78. The molecule has 20 heavy (non-hydrogen) atoms. The number of aromatic nitrogens is 2. The Morgan fingerprint density at radius 2 is 1.65 bits per heavy atom. The van der Waals surface area contributed by atoms with E-state index >= 15 is 0 Å². The van der Waals surface area contributed by atoms with Crippen LogP contribution >= 0.6 is 0 Å². The van der Waals surface area contributed by atoms with Crippen LogP contribution in [0.4, 0.5) is 0 Å². The van der Waals surface area contributed by atoms with E-state index in [2.05, 4.69) is 10.2 Å². The summed E-state index contributed by atoms with van der Waals surface area (Å²) in [4.78, 5) is 0. The van der Waals surface area contributed by atoms with Crippen molar-refractivity contribution in [2.75, 3.05) is 7.11 Å². The summed E-state index contributed by atoms with van der Waals surface area (Å²) in [6, 6.07) is 14.4. The van der Waals surface area contributed by atoms with Crippen LogP contribution in [0.25, 0.3) is 22.9 Å². The van der Waals surface area contributed by atoms with Crippen LogP contribution in [0.2, 0.25) is 0 Å². The second-order valence-corrected chi connectivity index (χ2v) is 4.17. The molecule has 0 bridgehead atoms. The first-order valence-corrected chi connectivity index (χ1v) is 6.04. The van der Waals surface area contributed by atoms with Gasteiger partial charge in [0.2, 0.25) is 11.8 Å². The highest BCUT2D eigenvalue weighted by atomic mass is 16.5. The molecule has 0 spiro atoms. The molecule has 5 heteroatoms. The van der Waals surface area contributed by atoms with Gasteiger partial charge in [0.05, 0.1) is 7.11 Å². The number of methoxy groups -OCH3 is 1. The van der Waals surface area contributed by atoms with Crippen molar-refractivity contribution in [3.63, 3.8) is 0 Å². The van der Waals surface area contributed by atoms with Crippen molar-refractivity contribution in [2.24, 2.45) is 0 Å².